The smallest absolute Gasteiger partial charge is 0.0601 e. The average molecular weight is 321 g/mol. The minimum Gasteiger partial charge on any atom is -0.271 e. The summed E-state index contributed by atoms with van der Waals surface area (Å²) in [6.45, 7) is 2.21. The molecule has 4 heteroatoms. The highest BCUT2D eigenvalue weighted by Crippen LogP contribution is 2.34. The van der Waals surface area contributed by atoms with Crippen LogP contribution in [0.25, 0.3) is 0 Å². The molecule has 2 nitrogen and oxygen atoms in total. The van der Waals surface area contributed by atoms with Crippen LogP contribution in [0.2, 0.25) is 0 Å². The lowest BCUT2D eigenvalue weighted by molar-refractivity contribution is 0.564. The molecule has 0 radical (unpaired) electrons. The largest absolute Gasteiger partial charge is 0.271 e. The van der Waals surface area contributed by atoms with Gasteiger partial charge in [-0.05, 0) is 55.9 Å². The highest BCUT2D eigenvalue weighted by molar-refractivity contribution is 7.12. The van der Waals surface area contributed by atoms with E-state index in [9.17, 15) is 0 Å². The normalized spacial score (nSPS) is 16.5. The molecule has 0 saturated heterocycles. The Bertz CT molecular complexity index is 562. The third-order valence-corrected chi connectivity index (χ3v) is 6.88. The van der Waals surface area contributed by atoms with Crippen molar-refractivity contribution in [3.63, 3.8) is 0 Å². The van der Waals surface area contributed by atoms with Crippen LogP contribution in [0.4, 0.5) is 0 Å². The van der Waals surface area contributed by atoms with Crippen molar-refractivity contribution in [1.29, 1.82) is 0 Å². The molecule has 1 unspecified atom stereocenters. The fraction of sp³-hybridized carbons (Fsp3) is 0.529. The Kier molecular flexibility index (Phi) is 5.11. The van der Waals surface area contributed by atoms with E-state index in [1.807, 2.05) is 22.7 Å². The molecule has 0 bridgehead atoms. The van der Waals surface area contributed by atoms with Crippen LogP contribution in [-0.4, -0.2) is 0 Å². The highest BCUT2D eigenvalue weighted by Gasteiger charge is 2.18. The first-order chi connectivity index (χ1) is 10.3. The third-order valence-electron chi connectivity index (χ3n) is 4.28. The summed E-state index contributed by atoms with van der Waals surface area (Å²) in [6.07, 6.45) is 8.70. The standard InChI is InChI=1S/C17H24N2S2/c1-2-13-8-9-14(20-13)11-15(19-18)17-10-12-6-4-3-5-7-16(12)21-17/h8-10,15,19H,2-7,11,18H2,1H3. The van der Waals surface area contributed by atoms with Gasteiger partial charge in [0.2, 0.25) is 0 Å². The van der Waals surface area contributed by atoms with Gasteiger partial charge in [0.1, 0.15) is 0 Å². The molecule has 2 aromatic heterocycles. The van der Waals surface area contributed by atoms with Gasteiger partial charge in [0.05, 0.1) is 6.04 Å². The summed E-state index contributed by atoms with van der Waals surface area (Å²) in [5.74, 6) is 5.84. The number of nitrogens with one attached hydrogen (secondary N) is 1. The fourth-order valence-electron chi connectivity index (χ4n) is 3.03. The summed E-state index contributed by atoms with van der Waals surface area (Å²) < 4.78 is 0. The topological polar surface area (TPSA) is 38.0 Å². The summed E-state index contributed by atoms with van der Waals surface area (Å²) in [5.41, 5.74) is 4.61. The molecule has 0 spiro atoms. The van der Waals surface area contributed by atoms with Crippen LogP contribution in [0, 0.1) is 0 Å². The van der Waals surface area contributed by atoms with Crippen LogP contribution in [-0.2, 0) is 25.7 Å². The van der Waals surface area contributed by atoms with Crippen molar-refractivity contribution in [3.8, 4) is 0 Å². The van der Waals surface area contributed by atoms with Crippen molar-refractivity contribution in [2.24, 2.45) is 5.84 Å². The van der Waals surface area contributed by atoms with Gasteiger partial charge in [-0.2, -0.15) is 0 Å². The van der Waals surface area contributed by atoms with Crippen molar-refractivity contribution in [3.05, 3.63) is 43.3 Å². The second kappa shape index (κ2) is 7.05. The second-order valence-corrected chi connectivity index (χ2v) is 8.22. The summed E-state index contributed by atoms with van der Waals surface area (Å²) in [6, 6.07) is 7.17. The van der Waals surface area contributed by atoms with Crippen LogP contribution in [0.15, 0.2) is 18.2 Å². The molecule has 3 N–H and O–H groups in total. The molecular formula is C17H24N2S2. The molecule has 0 saturated carbocycles. The maximum absolute atomic E-state index is 5.84. The lowest BCUT2D eigenvalue weighted by Crippen LogP contribution is -2.28. The van der Waals surface area contributed by atoms with Gasteiger partial charge in [-0.1, -0.05) is 13.3 Å². The van der Waals surface area contributed by atoms with E-state index in [-0.39, 0.29) is 6.04 Å². The van der Waals surface area contributed by atoms with E-state index in [0.717, 1.165) is 12.8 Å². The molecule has 114 valence electrons. The van der Waals surface area contributed by atoms with Crippen LogP contribution in [0.3, 0.4) is 0 Å². The molecular weight excluding hydrogens is 296 g/mol. The van der Waals surface area contributed by atoms with Crippen LogP contribution in [0.5, 0.6) is 0 Å². The summed E-state index contributed by atoms with van der Waals surface area (Å²) in [4.78, 5) is 5.90. The van der Waals surface area contributed by atoms with Crippen molar-refractivity contribution >= 4 is 22.7 Å². The van der Waals surface area contributed by atoms with Gasteiger partial charge < -0.3 is 0 Å². The Labute approximate surface area is 135 Å². The minimum atomic E-state index is 0.255. The van der Waals surface area contributed by atoms with E-state index in [4.69, 9.17) is 5.84 Å². The second-order valence-electron chi connectivity index (χ2n) is 5.80. The van der Waals surface area contributed by atoms with E-state index >= 15 is 0 Å². The Hall–Kier alpha value is -0.680. The first kappa shape index (κ1) is 15.2. The zero-order chi connectivity index (χ0) is 14.7. The summed E-state index contributed by atoms with van der Waals surface area (Å²) in [5, 5.41) is 0. The predicted octanol–water partition coefficient (Wildman–Crippen LogP) is 4.39. The molecule has 0 aromatic carbocycles. The third kappa shape index (κ3) is 3.57. The van der Waals surface area contributed by atoms with E-state index in [0.29, 0.717) is 0 Å². The van der Waals surface area contributed by atoms with Crippen molar-refractivity contribution in [1.82, 2.24) is 5.43 Å². The Morgan fingerprint density at radius 2 is 1.95 bits per heavy atom. The van der Waals surface area contributed by atoms with Gasteiger partial charge in [0.15, 0.2) is 0 Å². The Morgan fingerprint density at radius 1 is 1.14 bits per heavy atom. The van der Waals surface area contributed by atoms with Crippen LogP contribution in [0.1, 0.15) is 57.3 Å². The van der Waals surface area contributed by atoms with E-state index in [1.54, 1.807) is 10.4 Å². The highest BCUT2D eigenvalue weighted by atomic mass is 32.1. The quantitative estimate of drug-likeness (QED) is 0.487. The van der Waals surface area contributed by atoms with E-state index in [1.165, 1.54) is 46.7 Å². The fourth-order valence-corrected chi connectivity index (χ4v) is 5.35. The molecule has 2 heterocycles. The molecule has 3 rings (SSSR count). The maximum Gasteiger partial charge on any atom is 0.0601 e. The predicted molar refractivity (Wildman–Crippen MR) is 93.0 cm³/mol. The first-order valence-corrected chi connectivity index (χ1v) is 9.58. The number of rotatable bonds is 5. The number of fused-ring (bicyclic) bond motifs is 1. The molecule has 0 fully saturated rings. The van der Waals surface area contributed by atoms with Gasteiger partial charge >= 0.3 is 0 Å². The zero-order valence-electron chi connectivity index (χ0n) is 12.7. The van der Waals surface area contributed by atoms with Crippen molar-refractivity contribution in [2.45, 2.75) is 57.9 Å². The van der Waals surface area contributed by atoms with Crippen LogP contribution >= 0.6 is 22.7 Å². The lowest BCUT2D eigenvalue weighted by Gasteiger charge is -2.13. The molecule has 1 aliphatic carbocycles. The summed E-state index contributed by atoms with van der Waals surface area (Å²) >= 11 is 3.89. The number of hydrogen-bond acceptors (Lipinski definition) is 4. The van der Waals surface area contributed by atoms with Crippen LogP contribution < -0.4 is 11.3 Å². The molecule has 0 amide bonds. The molecule has 2 aromatic rings. The van der Waals surface area contributed by atoms with E-state index < -0.39 is 0 Å². The Morgan fingerprint density at radius 3 is 2.71 bits per heavy atom. The lowest BCUT2D eigenvalue weighted by atomic mass is 10.1. The first-order valence-electron chi connectivity index (χ1n) is 7.95. The number of nitrogens with two attached hydrogens (primary N) is 1. The average Bonchev–Trinajstić information content (AvgIpc) is 3.06. The number of hydrogen-bond donors (Lipinski definition) is 2. The van der Waals surface area contributed by atoms with Gasteiger partial charge in [0.25, 0.3) is 0 Å². The van der Waals surface area contributed by atoms with Gasteiger partial charge in [0, 0.05) is 25.9 Å². The van der Waals surface area contributed by atoms with Gasteiger partial charge in [-0.15, -0.1) is 22.7 Å². The zero-order valence-corrected chi connectivity index (χ0v) is 14.3. The monoisotopic (exact) mass is 320 g/mol. The van der Waals surface area contributed by atoms with Crippen molar-refractivity contribution < 1.29 is 0 Å². The van der Waals surface area contributed by atoms with Gasteiger partial charge in [-0.3, -0.25) is 11.3 Å². The van der Waals surface area contributed by atoms with Crippen molar-refractivity contribution in [2.75, 3.05) is 0 Å². The van der Waals surface area contributed by atoms with E-state index in [2.05, 4.69) is 30.5 Å². The molecule has 0 aliphatic heterocycles. The summed E-state index contributed by atoms with van der Waals surface area (Å²) in [7, 11) is 0. The molecule has 1 aliphatic rings. The maximum atomic E-state index is 5.84. The molecule has 21 heavy (non-hydrogen) atoms. The van der Waals surface area contributed by atoms with Gasteiger partial charge in [-0.25, -0.2) is 0 Å². The minimum absolute atomic E-state index is 0.255. The number of aryl methyl sites for hydroxylation is 3. The SMILES string of the molecule is CCc1ccc(CC(NN)c2cc3c(s2)CCCCC3)s1. The number of hydrazine groups is 1. The Balaban J connectivity index is 1.76. The number of thiophene rings is 2. The molecule has 1 atom stereocenters.